The molecule has 2 aromatic rings. The van der Waals surface area contributed by atoms with Crippen molar-refractivity contribution >= 4 is 16.9 Å². The maximum absolute atomic E-state index is 12.0. The van der Waals surface area contributed by atoms with Crippen LogP contribution in [-0.4, -0.2) is 27.4 Å². The topological polar surface area (TPSA) is 81.4 Å². The third kappa shape index (κ3) is 2.10. The van der Waals surface area contributed by atoms with Gasteiger partial charge in [-0.05, 0) is 19.1 Å². The fourth-order valence-electron chi connectivity index (χ4n) is 1.50. The molecule has 6 nitrogen and oxygen atoms in total. The SMILES string of the molecule is Cc1nc2ccccc2c(=O)n1OCC(=O)O. The maximum Gasteiger partial charge on any atom is 0.344 e. The molecule has 0 fully saturated rings. The summed E-state index contributed by atoms with van der Waals surface area (Å²) in [5.74, 6) is -0.834. The van der Waals surface area contributed by atoms with E-state index in [1.165, 1.54) is 0 Å². The van der Waals surface area contributed by atoms with E-state index in [0.717, 1.165) is 4.73 Å². The Balaban J connectivity index is 2.56. The number of hydrogen-bond acceptors (Lipinski definition) is 4. The minimum absolute atomic E-state index is 0.315. The zero-order valence-electron chi connectivity index (χ0n) is 9.08. The summed E-state index contributed by atoms with van der Waals surface area (Å²) >= 11 is 0. The van der Waals surface area contributed by atoms with Crippen LogP contribution in [0.25, 0.3) is 10.9 Å². The van der Waals surface area contributed by atoms with Gasteiger partial charge in [-0.1, -0.05) is 12.1 Å². The molecule has 0 radical (unpaired) electrons. The van der Waals surface area contributed by atoms with Gasteiger partial charge in [-0.25, -0.2) is 9.78 Å². The van der Waals surface area contributed by atoms with Gasteiger partial charge in [0.1, 0.15) is 5.82 Å². The second kappa shape index (κ2) is 4.25. The second-order valence-corrected chi connectivity index (χ2v) is 3.44. The molecule has 1 N–H and O–H groups in total. The highest BCUT2D eigenvalue weighted by molar-refractivity contribution is 5.77. The van der Waals surface area contributed by atoms with Crippen molar-refractivity contribution in [2.24, 2.45) is 0 Å². The molecule has 6 heteroatoms. The summed E-state index contributed by atoms with van der Waals surface area (Å²) in [7, 11) is 0. The number of aromatic nitrogens is 2. The standard InChI is InChI=1S/C11H10N2O4/c1-7-12-9-5-3-2-4-8(9)11(16)13(7)17-6-10(14)15/h2-5H,6H2,1H3,(H,14,15). The quantitative estimate of drug-likeness (QED) is 0.821. The lowest BCUT2D eigenvalue weighted by Gasteiger charge is -2.09. The Labute approximate surface area is 96.0 Å². The van der Waals surface area contributed by atoms with E-state index < -0.39 is 18.1 Å². The molecule has 0 spiro atoms. The summed E-state index contributed by atoms with van der Waals surface area (Å²) in [6.45, 7) is 0.996. The van der Waals surface area contributed by atoms with Crippen LogP contribution in [0.5, 0.6) is 0 Å². The molecule has 0 bridgehead atoms. The predicted octanol–water partition coefficient (Wildman–Crippen LogP) is 0.218. The van der Waals surface area contributed by atoms with Crippen LogP contribution in [0.4, 0.5) is 0 Å². The first-order valence-electron chi connectivity index (χ1n) is 4.93. The van der Waals surface area contributed by atoms with Crippen LogP contribution in [0, 0.1) is 6.92 Å². The van der Waals surface area contributed by atoms with Gasteiger partial charge in [-0.3, -0.25) is 4.79 Å². The van der Waals surface area contributed by atoms with Gasteiger partial charge in [0.05, 0.1) is 10.9 Å². The summed E-state index contributed by atoms with van der Waals surface area (Å²) in [5.41, 5.74) is 0.152. The number of para-hydroxylation sites is 1. The van der Waals surface area contributed by atoms with E-state index in [0.29, 0.717) is 16.7 Å². The van der Waals surface area contributed by atoms with E-state index in [-0.39, 0.29) is 0 Å². The van der Waals surface area contributed by atoms with Gasteiger partial charge >= 0.3 is 5.97 Å². The maximum atomic E-state index is 12.0. The van der Waals surface area contributed by atoms with Crippen molar-refractivity contribution in [1.29, 1.82) is 0 Å². The molecule has 0 aliphatic rings. The van der Waals surface area contributed by atoms with Crippen molar-refractivity contribution < 1.29 is 14.7 Å². The average molecular weight is 234 g/mol. The summed E-state index contributed by atoms with van der Waals surface area (Å²) in [5, 5.41) is 8.90. The van der Waals surface area contributed by atoms with Crippen molar-refractivity contribution in [2.75, 3.05) is 6.61 Å². The van der Waals surface area contributed by atoms with Crippen LogP contribution >= 0.6 is 0 Å². The Hall–Kier alpha value is -2.37. The van der Waals surface area contributed by atoms with Gasteiger partial charge in [0, 0.05) is 0 Å². The summed E-state index contributed by atoms with van der Waals surface area (Å²) < 4.78 is 0.899. The lowest BCUT2D eigenvalue weighted by Crippen LogP contribution is -2.32. The number of carboxylic acids is 1. The molecule has 1 aromatic heterocycles. The number of nitrogens with zero attached hydrogens (tertiary/aromatic N) is 2. The van der Waals surface area contributed by atoms with E-state index in [2.05, 4.69) is 4.98 Å². The summed E-state index contributed by atoms with van der Waals surface area (Å²) in [4.78, 5) is 31.4. The highest BCUT2D eigenvalue weighted by atomic mass is 16.7. The third-order valence-corrected chi connectivity index (χ3v) is 2.21. The largest absolute Gasteiger partial charge is 0.479 e. The van der Waals surface area contributed by atoms with Gasteiger partial charge < -0.3 is 9.94 Å². The zero-order chi connectivity index (χ0) is 12.4. The van der Waals surface area contributed by atoms with Crippen LogP contribution in [0.1, 0.15) is 5.82 Å². The molecule has 17 heavy (non-hydrogen) atoms. The van der Waals surface area contributed by atoms with Crippen LogP contribution in [0.15, 0.2) is 29.1 Å². The number of carboxylic acid groups (broad SMARTS) is 1. The van der Waals surface area contributed by atoms with E-state index >= 15 is 0 Å². The summed E-state index contributed by atoms with van der Waals surface area (Å²) in [6, 6.07) is 6.81. The van der Waals surface area contributed by atoms with Gasteiger partial charge in [-0.2, -0.15) is 0 Å². The molecule has 88 valence electrons. The molecule has 0 atom stereocenters. The molecule has 0 saturated heterocycles. The number of fused-ring (bicyclic) bond motifs is 1. The highest BCUT2D eigenvalue weighted by Crippen LogP contribution is 2.06. The van der Waals surface area contributed by atoms with E-state index in [9.17, 15) is 9.59 Å². The molecule has 0 unspecified atom stereocenters. The fraction of sp³-hybridized carbons (Fsp3) is 0.182. The first-order chi connectivity index (χ1) is 8.09. The number of aryl methyl sites for hydroxylation is 1. The molecule has 2 rings (SSSR count). The molecule has 0 aliphatic heterocycles. The minimum atomic E-state index is -1.15. The molecule has 1 aromatic carbocycles. The molecular weight excluding hydrogens is 224 g/mol. The Bertz CT molecular complexity index is 633. The third-order valence-electron chi connectivity index (χ3n) is 2.21. The predicted molar refractivity (Wildman–Crippen MR) is 59.8 cm³/mol. The molecule has 0 saturated carbocycles. The molecule has 1 heterocycles. The van der Waals surface area contributed by atoms with Gasteiger partial charge in [-0.15, -0.1) is 4.73 Å². The fourth-order valence-corrected chi connectivity index (χ4v) is 1.50. The Morgan fingerprint density at radius 2 is 2.18 bits per heavy atom. The van der Waals surface area contributed by atoms with Crippen LogP contribution < -0.4 is 10.4 Å². The first-order valence-corrected chi connectivity index (χ1v) is 4.93. The van der Waals surface area contributed by atoms with Crippen LogP contribution in [0.3, 0.4) is 0 Å². The number of aliphatic carboxylic acids is 1. The second-order valence-electron chi connectivity index (χ2n) is 3.44. The van der Waals surface area contributed by atoms with Gasteiger partial charge in [0.25, 0.3) is 5.56 Å². The molecular formula is C11H10N2O4. The van der Waals surface area contributed by atoms with Crippen molar-refractivity contribution in [3.05, 3.63) is 40.4 Å². The van der Waals surface area contributed by atoms with Crippen molar-refractivity contribution in [3.8, 4) is 0 Å². The zero-order valence-corrected chi connectivity index (χ0v) is 9.08. The monoisotopic (exact) mass is 234 g/mol. The molecule has 0 amide bonds. The van der Waals surface area contributed by atoms with E-state index in [4.69, 9.17) is 9.94 Å². The lowest BCUT2D eigenvalue weighted by molar-refractivity contribution is -0.142. The molecule has 0 aliphatic carbocycles. The normalized spacial score (nSPS) is 10.4. The first kappa shape index (κ1) is 11.1. The van der Waals surface area contributed by atoms with Crippen molar-refractivity contribution in [3.63, 3.8) is 0 Å². The number of benzene rings is 1. The summed E-state index contributed by atoms with van der Waals surface area (Å²) in [6.07, 6.45) is 0. The van der Waals surface area contributed by atoms with Crippen LogP contribution in [0.2, 0.25) is 0 Å². The van der Waals surface area contributed by atoms with E-state index in [1.54, 1.807) is 31.2 Å². The van der Waals surface area contributed by atoms with Crippen molar-refractivity contribution in [1.82, 2.24) is 9.71 Å². The Kier molecular flexibility index (Phi) is 2.78. The average Bonchev–Trinajstić information content (AvgIpc) is 2.28. The number of carbonyl (C=O) groups is 1. The smallest absolute Gasteiger partial charge is 0.344 e. The number of rotatable bonds is 3. The van der Waals surface area contributed by atoms with Crippen LogP contribution in [-0.2, 0) is 4.79 Å². The van der Waals surface area contributed by atoms with Gasteiger partial charge in [0.2, 0.25) is 6.61 Å². The highest BCUT2D eigenvalue weighted by Gasteiger charge is 2.09. The van der Waals surface area contributed by atoms with Gasteiger partial charge in [0.15, 0.2) is 0 Å². The van der Waals surface area contributed by atoms with Crippen molar-refractivity contribution in [2.45, 2.75) is 6.92 Å². The number of hydrogen-bond donors (Lipinski definition) is 1. The van der Waals surface area contributed by atoms with E-state index in [1.807, 2.05) is 0 Å². The Morgan fingerprint density at radius 1 is 1.47 bits per heavy atom. The minimum Gasteiger partial charge on any atom is -0.479 e. The Morgan fingerprint density at radius 3 is 2.88 bits per heavy atom. The lowest BCUT2D eigenvalue weighted by atomic mass is 10.2.